The van der Waals surface area contributed by atoms with Crippen LogP contribution in [0, 0.1) is 0 Å². The molecule has 1 N–H and O–H groups in total. The fourth-order valence-electron chi connectivity index (χ4n) is 2.64. The molecule has 1 atom stereocenters. The molecule has 0 radical (unpaired) electrons. The van der Waals surface area contributed by atoms with Gasteiger partial charge in [-0.3, -0.25) is 0 Å². The summed E-state index contributed by atoms with van der Waals surface area (Å²) in [7, 11) is 0. The smallest absolute Gasteiger partial charge is 0.125 e. The van der Waals surface area contributed by atoms with Crippen molar-refractivity contribution in [3.63, 3.8) is 0 Å². The first kappa shape index (κ1) is 10.1. The Morgan fingerprint density at radius 1 is 1.19 bits per heavy atom. The van der Waals surface area contributed by atoms with Gasteiger partial charge in [0, 0.05) is 24.8 Å². The van der Waals surface area contributed by atoms with Crippen molar-refractivity contribution in [3.05, 3.63) is 29.8 Å². The summed E-state index contributed by atoms with van der Waals surface area (Å²) in [4.78, 5) is 0. The van der Waals surface area contributed by atoms with Crippen LogP contribution in [-0.2, 0) is 4.74 Å². The van der Waals surface area contributed by atoms with Gasteiger partial charge in [-0.1, -0.05) is 18.2 Å². The van der Waals surface area contributed by atoms with Crippen molar-refractivity contribution in [2.45, 2.75) is 31.0 Å². The number of rotatable bonds is 0. The highest BCUT2D eigenvalue weighted by Gasteiger charge is 2.41. The topological polar surface area (TPSA) is 38.7 Å². The maximum absolute atomic E-state index is 10.2. The van der Waals surface area contributed by atoms with Gasteiger partial charge in [-0.2, -0.15) is 0 Å². The van der Waals surface area contributed by atoms with Crippen LogP contribution in [0.25, 0.3) is 0 Å². The van der Waals surface area contributed by atoms with Crippen molar-refractivity contribution < 1.29 is 14.6 Å². The summed E-state index contributed by atoms with van der Waals surface area (Å²) in [6.45, 7) is 1.46. The van der Waals surface area contributed by atoms with E-state index >= 15 is 0 Å². The molecule has 0 bridgehead atoms. The summed E-state index contributed by atoms with van der Waals surface area (Å²) < 4.78 is 11.4. The average molecular weight is 220 g/mol. The van der Waals surface area contributed by atoms with Crippen LogP contribution in [0.2, 0.25) is 0 Å². The number of ether oxygens (including phenoxy) is 2. The van der Waals surface area contributed by atoms with E-state index in [4.69, 9.17) is 9.47 Å². The lowest BCUT2D eigenvalue weighted by Gasteiger charge is -2.43. The van der Waals surface area contributed by atoms with Crippen LogP contribution >= 0.6 is 0 Å². The lowest BCUT2D eigenvalue weighted by molar-refractivity contribution is -0.0839. The zero-order chi connectivity index (χ0) is 11.0. The molecule has 0 aliphatic carbocycles. The van der Waals surface area contributed by atoms with E-state index in [1.165, 1.54) is 0 Å². The predicted octanol–water partition coefficient (Wildman–Crippen LogP) is 2.05. The van der Waals surface area contributed by atoms with Gasteiger partial charge in [-0.05, 0) is 6.07 Å². The van der Waals surface area contributed by atoms with E-state index in [0.717, 1.165) is 37.4 Å². The molecular formula is C13H16O3. The van der Waals surface area contributed by atoms with Gasteiger partial charge in [-0.25, -0.2) is 0 Å². The van der Waals surface area contributed by atoms with Gasteiger partial charge in [0.25, 0.3) is 0 Å². The molecule has 0 saturated carbocycles. The second kappa shape index (κ2) is 3.75. The fourth-order valence-corrected chi connectivity index (χ4v) is 2.64. The standard InChI is InChI=1S/C13H16O3/c14-11-9-13(5-7-15-8-6-13)16-12-4-2-1-3-10(11)12/h1-4,11,14H,5-9H2/t11-/m0/s1. The van der Waals surface area contributed by atoms with E-state index in [1.807, 2.05) is 24.3 Å². The molecule has 1 aromatic rings. The van der Waals surface area contributed by atoms with E-state index in [2.05, 4.69) is 0 Å². The molecule has 1 fully saturated rings. The number of hydrogen-bond donors (Lipinski definition) is 1. The first-order valence-corrected chi connectivity index (χ1v) is 5.83. The van der Waals surface area contributed by atoms with Crippen LogP contribution in [-0.4, -0.2) is 23.9 Å². The Balaban J connectivity index is 1.93. The SMILES string of the molecule is O[C@H]1CC2(CCOCC2)Oc2ccccc21. The van der Waals surface area contributed by atoms with Crippen molar-refractivity contribution in [2.24, 2.45) is 0 Å². The first-order valence-electron chi connectivity index (χ1n) is 5.83. The number of fused-ring (bicyclic) bond motifs is 1. The minimum Gasteiger partial charge on any atom is -0.487 e. The van der Waals surface area contributed by atoms with E-state index in [1.54, 1.807) is 0 Å². The lowest BCUT2D eigenvalue weighted by Crippen LogP contribution is -2.45. The molecule has 1 saturated heterocycles. The quantitative estimate of drug-likeness (QED) is 0.727. The van der Waals surface area contributed by atoms with Gasteiger partial charge < -0.3 is 14.6 Å². The molecule has 3 nitrogen and oxygen atoms in total. The second-order valence-electron chi connectivity index (χ2n) is 4.66. The lowest BCUT2D eigenvalue weighted by atomic mass is 9.83. The summed E-state index contributed by atoms with van der Waals surface area (Å²) >= 11 is 0. The Morgan fingerprint density at radius 3 is 2.75 bits per heavy atom. The molecule has 1 aromatic carbocycles. The van der Waals surface area contributed by atoms with Crippen LogP contribution in [0.4, 0.5) is 0 Å². The number of aliphatic hydroxyl groups is 1. The van der Waals surface area contributed by atoms with Crippen LogP contribution < -0.4 is 4.74 Å². The van der Waals surface area contributed by atoms with E-state index in [0.29, 0.717) is 6.42 Å². The van der Waals surface area contributed by atoms with Crippen LogP contribution in [0.1, 0.15) is 30.9 Å². The number of hydrogen-bond acceptors (Lipinski definition) is 3. The Hall–Kier alpha value is -1.06. The Bertz CT molecular complexity index is 383. The second-order valence-corrected chi connectivity index (χ2v) is 4.66. The Morgan fingerprint density at radius 2 is 1.94 bits per heavy atom. The summed E-state index contributed by atoms with van der Waals surface area (Å²) in [5.41, 5.74) is 0.714. The molecule has 16 heavy (non-hydrogen) atoms. The fraction of sp³-hybridized carbons (Fsp3) is 0.538. The van der Waals surface area contributed by atoms with Crippen molar-refractivity contribution in [3.8, 4) is 5.75 Å². The molecule has 3 rings (SSSR count). The average Bonchev–Trinajstić information content (AvgIpc) is 2.30. The monoisotopic (exact) mass is 220 g/mol. The number of para-hydroxylation sites is 1. The Labute approximate surface area is 95.0 Å². The van der Waals surface area contributed by atoms with Gasteiger partial charge in [0.2, 0.25) is 0 Å². The van der Waals surface area contributed by atoms with Gasteiger partial charge in [-0.15, -0.1) is 0 Å². The third-order valence-corrected chi connectivity index (χ3v) is 3.57. The van der Waals surface area contributed by atoms with E-state index < -0.39 is 6.10 Å². The molecule has 3 heteroatoms. The largest absolute Gasteiger partial charge is 0.487 e. The summed E-state index contributed by atoms with van der Waals surface area (Å²) in [5, 5.41) is 10.2. The minimum atomic E-state index is -0.400. The summed E-state index contributed by atoms with van der Waals surface area (Å²) in [6.07, 6.45) is 2.03. The molecular weight excluding hydrogens is 204 g/mol. The van der Waals surface area contributed by atoms with Crippen LogP contribution in [0.15, 0.2) is 24.3 Å². The third kappa shape index (κ3) is 1.60. The predicted molar refractivity (Wildman–Crippen MR) is 59.4 cm³/mol. The summed E-state index contributed by atoms with van der Waals surface area (Å²) in [5.74, 6) is 0.836. The highest BCUT2D eigenvalue weighted by atomic mass is 16.5. The van der Waals surface area contributed by atoms with Gasteiger partial charge in [0.15, 0.2) is 0 Å². The summed E-state index contributed by atoms with van der Waals surface area (Å²) in [6, 6.07) is 7.76. The maximum Gasteiger partial charge on any atom is 0.125 e. The van der Waals surface area contributed by atoms with Crippen molar-refractivity contribution >= 4 is 0 Å². The zero-order valence-electron chi connectivity index (χ0n) is 9.19. The van der Waals surface area contributed by atoms with Gasteiger partial charge >= 0.3 is 0 Å². The molecule has 0 unspecified atom stereocenters. The Kier molecular flexibility index (Phi) is 2.37. The molecule has 0 amide bonds. The van der Waals surface area contributed by atoms with Crippen molar-refractivity contribution in [2.75, 3.05) is 13.2 Å². The molecule has 2 aliphatic rings. The zero-order valence-corrected chi connectivity index (χ0v) is 9.19. The maximum atomic E-state index is 10.2. The molecule has 0 aromatic heterocycles. The van der Waals surface area contributed by atoms with Gasteiger partial charge in [0.1, 0.15) is 11.4 Å². The molecule has 2 aliphatic heterocycles. The van der Waals surface area contributed by atoms with E-state index in [-0.39, 0.29) is 5.60 Å². The van der Waals surface area contributed by atoms with Crippen LogP contribution in [0.5, 0.6) is 5.75 Å². The van der Waals surface area contributed by atoms with E-state index in [9.17, 15) is 5.11 Å². The highest BCUT2D eigenvalue weighted by molar-refractivity contribution is 5.38. The highest BCUT2D eigenvalue weighted by Crippen LogP contribution is 2.43. The minimum absolute atomic E-state index is 0.202. The number of benzene rings is 1. The normalized spacial score (nSPS) is 27.2. The number of aliphatic hydroxyl groups excluding tert-OH is 1. The van der Waals surface area contributed by atoms with Crippen LogP contribution in [0.3, 0.4) is 0 Å². The van der Waals surface area contributed by atoms with Crippen molar-refractivity contribution in [1.29, 1.82) is 0 Å². The van der Waals surface area contributed by atoms with Crippen molar-refractivity contribution in [1.82, 2.24) is 0 Å². The third-order valence-electron chi connectivity index (χ3n) is 3.57. The van der Waals surface area contributed by atoms with Gasteiger partial charge in [0.05, 0.1) is 19.3 Å². The molecule has 86 valence electrons. The first-order chi connectivity index (χ1) is 7.79. The molecule has 2 heterocycles. The molecule has 1 spiro atoms.